The first-order chi connectivity index (χ1) is 16.2. The normalized spacial score (nSPS) is 12.1. The summed E-state index contributed by atoms with van der Waals surface area (Å²) in [6.07, 6.45) is 3.08. The Labute approximate surface area is 207 Å². The number of amides is 2. The number of aromatic nitrogens is 1. The molecule has 0 spiro atoms. The van der Waals surface area contributed by atoms with E-state index in [1.165, 1.54) is 13.3 Å². The smallest absolute Gasteiger partial charge is 0.270 e. The monoisotopic (exact) mass is 482 g/mol. The van der Waals surface area contributed by atoms with Crippen molar-refractivity contribution in [3.05, 3.63) is 59.2 Å². The number of methoxy groups -OCH3 is 1. The molecule has 2 aromatic rings. The van der Waals surface area contributed by atoms with Crippen LogP contribution in [0, 0.1) is 12.3 Å². The Balaban J connectivity index is 2.24. The molecule has 9 nitrogen and oxygen atoms in total. The number of hydrazine groups is 1. The Kier molecular flexibility index (Phi) is 8.87. The molecule has 0 aliphatic rings. The minimum Gasteiger partial charge on any atom is -0.493 e. The molecule has 1 aromatic heterocycles. The van der Waals surface area contributed by atoms with E-state index in [2.05, 4.69) is 26.4 Å². The molecular weight excluding hydrogens is 444 g/mol. The standard InChI is InChI=1S/C26H38N6O3/c1-16-9-10-17(11-18(16)28-13-20(32-27)24(34)30-15-25(2,3)4)23(33)31-19-12-22(26(5,6)7)29-14-21(19)35-8/h9-14,28,32H,15,27H2,1-8H3,(H,30,34)(H,29,31,33)/b20-13-. The molecule has 1 heterocycles. The molecule has 1 aromatic carbocycles. The summed E-state index contributed by atoms with van der Waals surface area (Å²) in [6, 6.07) is 7.09. The van der Waals surface area contributed by atoms with Crippen LogP contribution in [0.5, 0.6) is 5.75 Å². The Morgan fingerprint density at radius 1 is 1.09 bits per heavy atom. The second-order valence-electron chi connectivity index (χ2n) is 10.6. The SMILES string of the molecule is COc1cnc(C(C)(C)C)cc1NC(=O)c1ccc(C)c(N/C=C(\NN)C(=O)NCC(C)(C)C)c1. The van der Waals surface area contributed by atoms with E-state index < -0.39 is 0 Å². The lowest BCUT2D eigenvalue weighted by atomic mass is 9.91. The first-order valence-electron chi connectivity index (χ1n) is 11.4. The number of hydrogen-bond donors (Lipinski definition) is 5. The lowest BCUT2D eigenvalue weighted by Crippen LogP contribution is -2.39. The third kappa shape index (κ3) is 7.99. The Morgan fingerprint density at radius 2 is 1.77 bits per heavy atom. The van der Waals surface area contributed by atoms with Crippen molar-refractivity contribution >= 4 is 23.2 Å². The minimum absolute atomic E-state index is 0.0633. The largest absolute Gasteiger partial charge is 0.493 e. The first kappa shape index (κ1) is 27.7. The van der Waals surface area contributed by atoms with Crippen molar-refractivity contribution in [1.29, 1.82) is 0 Å². The molecule has 0 bridgehead atoms. The second kappa shape index (κ2) is 11.2. The van der Waals surface area contributed by atoms with Crippen molar-refractivity contribution < 1.29 is 14.3 Å². The van der Waals surface area contributed by atoms with Crippen LogP contribution in [-0.2, 0) is 10.2 Å². The fraction of sp³-hybridized carbons (Fsp3) is 0.423. The van der Waals surface area contributed by atoms with E-state index >= 15 is 0 Å². The minimum atomic E-state index is -0.332. The van der Waals surface area contributed by atoms with Gasteiger partial charge in [0.05, 0.1) is 19.0 Å². The number of aryl methyl sites for hydroxylation is 1. The van der Waals surface area contributed by atoms with Gasteiger partial charge in [0, 0.05) is 35.1 Å². The summed E-state index contributed by atoms with van der Waals surface area (Å²) in [5, 5.41) is 8.83. The molecule has 0 aliphatic heterocycles. The van der Waals surface area contributed by atoms with E-state index in [9.17, 15) is 9.59 Å². The number of carbonyl (C=O) groups excluding carboxylic acids is 2. The lowest BCUT2D eigenvalue weighted by Gasteiger charge is -2.20. The zero-order valence-corrected chi connectivity index (χ0v) is 21.9. The Morgan fingerprint density at radius 3 is 2.34 bits per heavy atom. The Bertz CT molecular complexity index is 1100. The summed E-state index contributed by atoms with van der Waals surface area (Å²) < 4.78 is 5.38. The average molecular weight is 483 g/mol. The molecule has 0 aliphatic carbocycles. The molecule has 0 atom stereocenters. The summed E-state index contributed by atoms with van der Waals surface area (Å²) in [7, 11) is 1.53. The highest BCUT2D eigenvalue weighted by Gasteiger charge is 2.19. The molecule has 0 fully saturated rings. The molecule has 35 heavy (non-hydrogen) atoms. The van der Waals surface area contributed by atoms with Gasteiger partial charge in [0.2, 0.25) is 0 Å². The van der Waals surface area contributed by atoms with E-state index in [0.29, 0.717) is 29.2 Å². The highest BCUT2D eigenvalue weighted by molar-refractivity contribution is 6.05. The zero-order chi connectivity index (χ0) is 26.4. The fourth-order valence-electron chi connectivity index (χ4n) is 2.99. The molecular formula is C26H38N6O3. The lowest BCUT2D eigenvalue weighted by molar-refractivity contribution is -0.118. The molecule has 190 valence electrons. The predicted molar refractivity (Wildman–Crippen MR) is 140 cm³/mol. The van der Waals surface area contributed by atoms with Gasteiger partial charge in [-0.25, -0.2) is 0 Å². The summed E-state index contributed by atoms with van der Waals surface area (Å²) >= 11 is 0. The Hall–Kier alpha value is -3.59. The second-order valence-corrected chi connectivity index (χ2v) is 10.6. The molecule has 9 heteroatoms. The van der Waals surface area contributed by atoms with Crippen LogP contribution in [0.3, 0.4) is 0 Å². The third-order valence-corrected chi connectivity index (χ3v) is 5.16. The third-order valence-electron chi connectivity index (χ3n) is 5.16. The van der Waals surface area contributed by atoms with Gasteiger partial charge < -0.3 is 26.1 Å². The van der Waals surface area contributed by atoms with Crippen molar-refractivity contribution in [3.63, 3.8) is 0 Å². The molecule has 6 N–H and O–H groups in total. The van der Waals surface area contributed by atoms with Crippen LogP contribution in [-0.4, -0.2) is 30.5 Å². The fourth-order valence-corrected chi connectivity index (χ4v) is 2.99. The van der Waals surface area contributed by atoms with E-state index in [1.54, 1.807) is 18.3 Å². The average Bonchev–Trinajstić information content (AvgIpc) is 2.77. The van der Waals surface area contributed by atoms with Gasteiger partial charge in [0.25, 0.3) is 11.8 Å². The number of carbonyl (C=O) groups is 2. The number of hydrogen-bond acceptors (Lipinski definition) is 7. The number of nitrogens with one attached hydrogen (secondary N) is 4. The number of nitrogens with two attached hydrogens (primary N) is 1. The topological polar surface area (TPSA) is 130 Å². The number of anilines is 2. The maximum absolute atomic E-state index is 13.1. The van der Waals surface area contributed by atoms with Gasteiger partial charge in [0.15, 0.2) is 5.75 Å². The van der Waals surface area contributed by atoms with E-state index in [1.807, 2.05) is 60.6 Å². The molecule has 2 rings (SSSR count). The number of nitrogens with zero attached hydrogens (tertiary/aromatic N) is 1. The van der Waals surface area contributed by atoms with Gasteiger partial charge in [-0.05, 0) is 36.1 Å². The number of pyridine rings is 1. The molecule has 0 unspecified atom stereocenters. The van der Waals surface area contributed by atoms with Crippen molar-refractivity contribution in [1.82, 2.24) is 15.7 Å². The van der Waals surface area contributed by atoms with Gasteiger partial charge in [-0.2, -0.15) is 0 Å². The highest BCUT2D eigenvalue weighted by atomic mass is 16.5. The number of benzene rings is 1. The van der Waals surface area contributed by atoms with E-state index in [4.69, 9.17) is 10.6 Å². The molecule has 0 saturated heterocycles. The summed E-state index contributed by atoms with van der Waals surface area (Å²) in [5.74, 6) is 5.38. The zero-order valence-electron chi connectivity index (χ0n) is 21.9. The van der Waals surface area contributed by atoms with Crippen LogP contribution < -0.4 is 32.0 Å². The van der Waals surface area contributed by atoms with Crippen LogP contribution in [0.25, 0.3) is 0 Å². The molecule has 0 radical (unpaired) electrons. The summed E-state index contributed by atoms with van der Waals surface area (Å²) in [6.45, 7) is 14.6. The number of ether oxygens (including phenoxy) is 1. The maximum atomic E-state index is 13.1. The highest BCUT2D eigenvalue weighted by Crippen LogP contribution is 2.30. The molecule has 0 saturated carbocycles. The van der Waals surface area contributed by atoms with Crippen molar-refractivity contribution in [3.8, 4) is 5.75 Å². The van der Waals surface area contributed by atoms with Crippen molar-refractivity contribution in [2.24, 2.45) is 11.3 Å². The van der Waals surface area contributed by atoms with Gasteiger partial charge in [-0.1, -0.05) is 47.6 Å². The van der Waals surface area contributed by atoms with Gasteiger partial charge in [0.1, 0.15) is 5.70 Å². The van der Waals surface area contributed by atoms with Crippen molar-refractivity contribution in [2.45, 2.75) is 53.9 Å². The predicted octanol–water partition coefficient (Wildman–Crippen LogP) is 3.83. The van der Waals surface area contributed by atoms with Crippen LogP contribution in [0.4, 0.5) is 11.4 Å². The van der Waals surface area contributed by atoms with Gasteiger partial charge >= 0.3 is 0 Å². The first-order valence-corrected chi connectivity index (χ1v) is 11.4. The molecule has 2 amide bonds. The van der Waals surface area contributed by atoms with E-state index in [-0.39, 0.29) is 28.3 Å². The van der Waals surface area contributed by atoms with Crippen LogP contribution in [0.15, 0.2) is 42.4 Å². The summed E-state index contributed by atoms with van der Waals surface area (Å²) in [5.41, 5.74) is 5.68. The quantitative estimate of drug-likeness (QED) is 0.220. The van der Waals surface area contributed by atoms with Crippen LogP contribution in [0.2, 0.25) is 0 Å². The maximum Gasteiger partial charge on any atom is 0.270 e. The van der Waals surface area contributed by atoms with Crippen LogP contribution >= 0.6 is 0 Å². The number of rotatable bonds is 8. The van der Waals surface area contributed by atoms with Gasteiger partial charge in [-0.3, -0.25) is 20.4 Å². The summed E-state index contributed by atoms with van der Waals surface area (Å²) in [4.78, 5) is 29.9. The van der Waals surface area contributed by atoms with Crippen molar-refractivity contribution in [2.75, 3.05) is 24.3 Å². The van der Waals surface area contributed by atoms with E-state index in [0.717, 1.165) is 11.3 Å². The van der Waals surface area contributed by atoms with Crippen LogP contribution in [0.1, 0.15) is 63.2 Å². The van der Waals surface area contributed by atoms with Gasteiger partial charge in [-0.15, -0.1) is 0 Å².